The molecule has 0 saturated carbocycles. The largest absolute Gasteiger partial charge is 0.417 e. The molecule has 24 heavy (non-hydrogen) atoms. The molecule has 2 aromatic rings. The Morgan fingerprint density at radius 2 is 1.88 bits per heavy atom. The first-order valence-corrected chi connectivity index (χ1v) is 6.90. The Labute approximate surface area is 139 Å². The number of alkyl halides is 3. The Morgan fingerprint density at radius 1 is 1.21 bits per heavy atom. The molecule has 0 aliphatic carbocycles. The molecule has 0 aliphatic rings. The quantitative estimate of drug-likeness (QED) is 0.631. The van der Waals surface area contributed by atoms with Crippen LogP contribution >= 0.6 is 11.6 Å². The Hall–Kier alpha value is -2.61. The minimum absolute atomic E-state index is 0.0980. The standard InChI is InChI=1S/C15H10ClF3N2O3/c1-8-2-4-10(7-13(8)21(23)24)20-14(22)9-3-5-12(16)11(6-9)15(17,18)19/h2-7H,1H3,(H,20,22). The monoisotopic (exact) mass is 358 g/mol. The van der Waals surface area contributed by atoms with Crippen LogP contribution in [0.3, 0.4) is 0 Å². The number of nitrogens with one attached hydrogen (secondary N) is 1. The van der Waals surface area contributed by atoms with Crippen LogP contribution in [0.2, 0.25) is 5.02 Å². The van der Waals surface area contributed by atoms with Crippen LogP contribution in [0.25, 0.3) is 0 Å². The van der Waals surface area contributed by atoms with Gasteiger partial charge in [0.25, 0.3) is 11.6 Å². The number of aryl methyl sites for hydroxylation is 1. The fourth-order valence-electron chi connectivity index (χ4n) is 1.97. The van der Waals surface area contributed by atoms with Crippen molar-refractivity contribution in [1.29, 1.82) is 0 Å². The van der Waals surface area contributed by atoms with Gasteiger partial charge in [-0.1, -0.05) is 17.7 Å². The van der Waals surface area contributed by atoms with Gasteiger partial charge >= 0.3 is 6.18 Å². The number of nitro benzene ring substituents is 1. The molecule has 0 saturated heterocycles. The Balaban J connectivity index is 2.31. The fraction of sp³-hybridized carbons (Fsp3) is 0.133. The number of hydrogen-bond donors (Lipinski definition) is 1. The molecule has 2 rings (SSSR count). The van der Waals surface area contributed by atoms with Crippen LogP contribution < -0.4 is 5.32 Å². The fourth-order valence-corrected chi connectivity index (χ4v) is 2.20. The third kappa shape index (κ3) is 3.83. The summed E-state index contributed by atoms with van der Waals surface area (Å²) in [5, 5.41) is 12.7. The molecule has 0 bridgehead atoms. The van der Waals surface area contributed by atoms with Crippen molar-refractivity contribution in [1.82, 2.24) is 0 Å². The van der Waals surface area contributed by atoms with Gasteiger partial charge in [0.05, 0.1) is 15.5 Å². The number of carbonyl (C=O) groups excluding carboxylic acids is 1. The summed E-state index contributed by atoms with van der Waals surface area (Å²) in [6.07, 6.45) is -4.70. The van der Waals surface area contributed by atoms with Crippen molar-refractivity contribution in [3.05, 3.63) is 68.2 Å². The minimum atomic E-state index is -4.70. The zero-order chi connectivity index (χ0) is 18.1. The molecule has 0 atom stereocenters. The Morgan fingerprint density at radius 3 is 2.46 bits per heavy atom. The highest BCUT2D eigenvalue weighted by molar-refractivity contribution is 6.31. The lowest BCUT2D eigenvalue weighted by Gasteiger charge is -2.11. The average molecular weight is 359 g/mol. The molecule has 0 heterocycles. The summed E-state index contributed by atoms with van der Waals surface area (Å²) < 4.78 is 38.4. The van der Waals surface area contributed by atoms with Crippen LogP contribution in [-0.2, 0) is 6.18 Å². The predicted octanol–water partition coefficient (Wildman–Crippen LogP) is 4.83. The molecule has 1 amide bonds. The molecule has 126 valence electrons. The van der Waals surface area contributed by atoms with Crippen LogP contribution in [0, 0.1) is 17.0 Å². The van der Waals surface area contributed by atoms with E-state index in [4.69, 9.17) is 11.6 Å². The second-order valence-electron chi connectivity index (χ2n) is 4.90. The maximum atomic E-state index is 12.8. The second kappa shape index (κ2) is 6.48. The van der Waals surface area contributed by atoms with E-state index < -0.39 is 27.6 Å². The van der Waals surface area contributed by atoms with Crippen molar-refractivity contribution >= 4 is 28.9 Å². The number of nitrogens with zero attached hydrogens (tertiary/aromatic N) is 1. The van der Waals surface area contributed by atoms with Crippen LogP contribution in [0.4, 0.5) is 24.5 Å². The molecule has 0 aliphatic heterocycles. The van der Waals surface area contributed by atoms with Gasteiger partial charge in [-0.15, -0.1) is 0 Å². The molecular weight excluding hydrogens is 349 g/mol. The van der Waals surface area contributed by atoms with E-state index in [1.807, 2.05) is 0 Å². The average Bonchev–Trinajstić information content (AvgIpc) is 2.48. The van der Waals surface area contributed by atoms with E-state index in [0.29, 0.717) is 11.6 Å². The first-order chi connectivity index (χ1) is 11.1. The number of benzene rings is 2. The van der Waals surface area contributed by atoms with Crippen LogP contribution in [0.15, 0.2) is 36.4 Å². The van der Waals surface area contributed by atoms with Crippen molar-refractivity contribution in [2.24, 2.45) is 0 Å². The first-order valence-electron chi connectivity index (χ1n) is 6.52. The lowest BCUT2D eigenvalue weighted by molar-refractivity contribution is -0.385. The van der Waals surface area contributed by atoms with Gasteiger partial charge in [0.15, 0.2) is 0 Å². The summed E-state index contributed by atoms with van der Waals surface area (Å²) in [5.41, 5.74) is -1.12. The summed E-state index contributed by atoms with van der Waals surface area (Å²) >= 11 is 5.49. The van der Waals surface area contributed by atoms with Gasteiger partial charge in [0.2, 0.25) is 0 Å². The number of carbonyl (C=O) groups is 1. The maximum Gasteiger partial charge on any atom is 0.417 e. The van der Waals surface area contributed by atoms with Gasteiger partial charge < -0.3 is 5.32 Å². The molecule has 2 aromatic carbocycles. The van der Waals surface area contributed by atoms with Crippen molar-refractivity contribution in [3.63, 3.8) is 0 Å². The van der Waals surface area contributed by atoms with E-state index in [1.165, 1.54) is 19.1 Å². The lowest BCUT2D eigenvalue weighted by Crippen LogP contribution is -2.14. The van der Waals surface area contributed by atoms with Crippen LogP contribution in [0.5, 0.6) is 0 Å². The molecule has 5 nitrogen and oxygen atoms in total. The third-order valence-corrected chi connectivity index (χ3v) is 3.53. The molecule has 0 radical (unpaired) electrons. The summed E-state index contributed by atoms with van der Waals surface area (Å²) in [7, 11) is 0. The molecule has 0 spiro atoms. The number of rotatable bonds is 3. The Kier molecular flexibility index (Phi) is 4.79. The highest BCUT2D eigenvalue weighted by Gasteiger charge is 2.33. The van der Waals surface area contributed by atoms with Crippen molar-refractivity contribution in [3.8, 4) is 0 Å². The number of hydrogen-bond acceptors (Lipinski definition) is 3. The highest BCUT2D eigenvalue weighted by atomic mass is 35.5. The summed E-state index contributed by atoms with van der Waals surface area (Å²) in [6.45, 7) is 1.53. The summed E-state index contributed by atoms with van der Waals surface area (Å²) in [4.78, 5) is 22.3. The summed E-state index contributed by atoms with van der Waals surface area (Å²) in [6, 6.07) is 6.71. The first kappa shape index (κ1) is 17.7. The van der Waals surface area contributed by atoms with E-state index in [1.54, 1.807) is 0 Å². The van der Waals surface area contributed by atoms with Gasteiger partial charge in [-0.3, -0.25) is 14.9 Å². The van der Waals surface area contributed by atoms with Gasteiger partial charge in [-0.05, 0) is 31.2 Å². The zero-order valence-corrected chi connectivity index (χ0v) is 12.9. The van der Waals surface area contributed by atoms with Gasteiger partial charge in [-0.2, -0.15) is 13.2 Å². The van der Waals surface area contributed by atoms with E-state index >= 15 is 0 Å². The molecule has 0 unspecified atom stereocenters. The number of amides is 1. The topological polar surface area (TPSA) is 72.2 Å². The molecule has 0 aromatic heterocycles. The lowest BCUT2D eigenvalue weighted by atomic mass is 10.1. The van der Waals surface area contributed by atoms with Gasteiger partial charge in [0, 0.05) is 22.9 Å². The molecular formula is C15H10ClF3N2O3. The van der Waals surface area contributed by atoms with Crippen molar-refractivity contribution in [2.75, 3.05) is 5.32 Å². The SMILES string of the molecule is Cc1ccc(NC(=O)c2ccc(Cl)c(C(F)(F)F)c2)cc1[N+](=O)[O-]. The van der Waals surface area contributed by atoms with Crippen molar-refractivity contribution in [2.45, 2.75) is 13.1 Å². The normalized spacial score (nSPS) is 11.2. The van der Waals surface area contributed by atoms with E-state index in [2.05, 4.69) is 5.32 Å². The second-order valence-corrected chi connectivity index (χ2v) is 5.31. The maximum absolute atomic E-state index is 12.8. The predicted molar refractivity (Wildman–Crippen MR) is 82.2 cm³/mol. The smallest absolute Gasteiger partial charge is 0.322 e. The highest BCUT2D eigenvalue weighted by Crippen LogP contribution is 2.35. The van der Waals surface area contributed by atoms with Crippen LogP contribution in [0.1, 0.15) is 21.5 Å². The number of halogens is 4. The summed E-state index contributed by atoms with van der Waals surface area (Å²) in [5.74, 6) is -0.838. The zero-order valence-electron chi connectivity index (χ0n) is 12.1. The van der Waals surface area contributed by atoms with E-state index in [0.717, 1.165) is 18.2 Å². The van der Waals surface area contributed by atoms with E-state index in [-0.39, 0.29) is 16.9 Å². The minimum Gasteiger partial charge on any atom is -0.322 e. The molecule has 0 fully saturated rings. The van der Waals surface area contributed by atoms with Crippen LogP contribution in [-0.4, -0.2) is 10.8 Å². The number of anilines is 1. The molecule has 1 N–H and O–H groups in total. The van der Waals surface area contributed by atoms with Gasteiger partial charge in [0.1, 0.15) is 0 Å². The van der Waals surface area contributed by atoms with E-state index in [9.17, 15) is 28.1 Å². The number of nitro groups is 1. The Bertz CT molecular complexity index is 822. The third-order valence-electron chi connectivity index (χ3n) is 3.20. The van der Waals surface area contributed by atoms with Gasteiger partial charge in [-0.25, -0.2) is 0 Å². The molecule has 9 heteroatoms. The van der Waals surface area contributed by atoms with Crippen molar-refractivity contribution < 1.29 is 22.9 Å².